The highest BCUT2D eigenvalue weighted by Crippen LogP contribution is 2.34. The van der Waals surface area contributed by atoms with Gasteiger partial charge in [-0.3, -0.25) is 9.59 Å². The molecule has 1 aromatic heterocycles. The van der Waals surface area contributed by atoms with Gasteiger partial charge in [0.25, 0.3) is 5.91 Å². The molecule has 5 nitrogen and oxygen atoms in total. The fraction of sp³-hybridized carbons (Fsp3) is 0.647. The van der Waals surface area contributed by atoms with Crippen molar-refractivity contribution in [3.8, 4) is 0 Å². The molecule has 2 atom stereocenters. The molecule has 0 bridgehead atoms. The summed E-state index contributed by atoms with van der Waals surface area (Å²) in [7, 11) is 0. The van der Waals surface area contributed by atoms with Crippen LogP contribution in [0.3, 0.4) is 0 Å². The first-order chi connectivity index (χ1) is 11.2. The summed E-state index contributed by atoms with van der Waals surface area (Å²) in [5, 5.41) is 3.00. The van der Waals surface area contributed by atoms with Gasteiger partial charge in [-0.25, -0.2) is 0 Å². The highest BCUT2D eigenvalue weighted by Gasteiger charge is 2.39. The number of nitrogens with zero attached hydrogens (tertiary/aromatic N) is 1. The summed E-state index contributed by atoms with van der Waals surface area (Å²) >= 11 is 1.52. The molecule has 3 aliphatic rings. The number of carbonyl (C=O) groups excluding carboxylic acids is 2. The molecule has 3 heterocycles. The smallest absolute Gasteiger partial charge is 0.261 e. The van der Waals surface area contributed by atoms with Crippen molar-refractivity contribution in [3.63, 3.8) is 0 Å². The molecule has 1 saturated carbocycles. The molecule has 2 amide bonds. The maximum atomic E-state index is 12.3. The van der Waals surface area contributed by atoms with Crippen LogP contribution < -0.4 is 5.32 Å². The van der Waals surface area contributed by atoms with Crippen molar-refractivity contribution in [2.45, 2.75) is 44.2 Å². The highest BCUT2D eigenvalue weighted by atomic mass is 32.1. The average molecular weight is 334 g/mol. The second kappa shape index (κ2) is 6.24. The van der Waals surface area contributed by atoms with Gasteiger partial charge in [0.15, 0.2) is 0 Å². The zero-order valence-corrected chi connectivity index (χ0v) is 13.9. The lowest BCUT2D eigenvalue weighted by Crippen LogP contribution is -2.31. The molecule has 0 aromatic carbocycles. The predicted molar refractivity (Wildman–Crippen MR) is 87.4 cm³/mol. The van der Waals surface area contributed by atoms with E-state index < -0.39 is 0 Å². The van der Waals surface area contributed by atoms with Gasteiger partial charge in [0.05, 0.1) is 11.0 Å². The SMILES string of the molecule is O=C(NC[C@H]1CC(=O)N(C2CC2)C1)c1ccc([C@@H]2CCCO2)s1. The normalized spacial score (nSPS) is 27.7. The van der Waals surface area contributed by atoms with Crippen molar-refractivity contribution in [1.82, 2.24) is 10.2 Å². The number of thiophene rings is 1. The Morgan fingerprint density at radius 2 is 2.22 bits per heavy atom. The largest absolute Gasteiger partial charge is 0.373 e. The van der Waals surface area contributed by atoms with Crippen LogP contribution in [0.1, 0.15) is 52.8 Å². The Kier molecular flexibility index (Phi) is 4.11. The van der Waals surface area contributed by atoms with Crippen LogP contribution in [0.5, 0.6) is 0 Å². The average Bonchev–Trinajstić information content (AvgIpc) is 2.98. The molecule has 4 rings (SSSR count). The number of amides is 2. The van der Waals surface area contributed by atoms with Gasteiger partial charge >= 0.3 is 0 Å². The van der Waals surface area contributed by atoms with Gasteiger partial charge in [-0.2, -0.15) is 0 Å². The summed E-state index contributed by atoms with van der Waals surface area (Å²) in [6.07, 6.45) is 5.17. The van der Waals surface area contributed by atoms with Crippen LogP contribution in [0.15, 0.2) is 12.1 Å². The number of hydrogen-bond donors (Lipinski definition) is 1. The Bertz CT molecular complexity index is 605. The van der Waals surface area contributed by atoms with E-state index in [4.69, 9.17) is 4.74 Å². The molecule has 1 aromatic rings. The lowest BCUT2D eigenvalue weighted by atomic mass is 10.1. The molecular formula is C17H22N2O3S. The zero-order valence-electron chi connectivity index (χ0n) is 13.1. The van der Waals surface area contributed by atoms with Gasteiger partial charge in [0.2, 0.25) is 5.91 Å². The molecule has 1 N–H and O–H groups in total. The van der Waals surface area contributed by atoms with Crippen LogP contribution in [-0.4, -0.2) is 42.5 Å². The summed E-state index contributed by atoms with van der Waals surface area (Å²) in [5.41, 5.74) is 0. The van der Waals surface area contributed by atoms with E-state index in [2.05, 4.69) is 5.32 Å². The molecule has 2 saturated heterocycles. The van der Waals surface area contributed by atoms with Crippen molar-refractivity contribution in [2.75, 3.05) is 19.7 Å². The third-order valence-electron chi connectivity index (χ3n) is 4.88. The molecule has 124 valence electrons. The lowest BCUT2D eigenvalue weighted by molar-refractivity contribution is -0.128. The van der Waals surface area contributed by atoms with Crippen LogP contribution in [0.4, 0.5) is 0 Å². The Morgan fingerprint density at radius 3 is 2.96 bits per heavy atom. The minimum Gasteiger partial charge on any atom is -0.373 e. The van der Waals surface area contributed by atoms with Crippen LogP contribution in [0.25, 0.3) is 0 Å². The lowest BCUT2D eigenvalue weighted by Gasteiger charge is -2.15. The van der Waals surface area contributed by atoms with Crippen LogP contribution >= 0.6 is 11.3 Å². The Morgan fingerprint density at radius 1 is 1.35 bits per heavy atom. The van der Waals surface area contributed by atoms with Gasteiger partial charge in [0, 0.05) is 43.0 Å². The molecule has 6 heteroatoms. The van der Waals surface area contributed by atoms with Crippen LogP contribution in [-0.2, 0) is 9.53 Å². The third-order valence-corrected chi connectivity index (χ3v) is 6.05. The molecule has 0 unspecified atom stereocenters. The maximum absolute atomic E-state index is 12.3. The molecular weight excluding hydrogens is 312 g/mol. The van der Waals surface area contributed by atoms with E-state index in [1.165, 1.54) is 11.3 Å². The van der Waals surface area contributed by atoms with E-state index in [1.54, 1.807) is 0 Å². The standard InChI is InChI=1S/C17H22N2O3S/c20-16-8-11(10-19(16)12-3-4-12)9-18-17(21)15-6-5-14(23-15)13-2-1-7-22-13/h5-6,11-13H,1-4,7-10H2,(H,18,21)/t11-,13+/m1/s1. The second-order valence-corrected chi connectivity index (χ2v) is 7.88. The van der Waals surface area contributed by atoms with E-state index >= 15 is 0 Å². The van der Waals surface area contributed by atoms with Gasteiger partial charge in [-0.1, -0.05) is 0 Å². The van der Waals surface area contributed by atoms with Crippen LogP contribution in [0, 0.1) is 5.92 Å². The number of likely N-dealkylation sites (tertiary alicyclic amines) is 1. The fourth-order valence-corrected chi connectivity index (χ4v) is 4.47. The van der Waals surface area contributed by atoms with Crippen molar-refractivity contribution in [2.24, 2.45) is 5.92 Å². The molecule has 0 spiro atoms. The summed E-state index contributed by atoms with van der Waals surface area (Å²) in [4.78, 5) is 28.1. The Labute approximate surface area is 140 Å². The quantitative estimate of drug-likeness (QED) is 0.899. The fourth-order valence-electron chi connectivity index (χ4n) is 3.46. The van der Waals surface area contributed by atoms with Crippen molar-refractivity contribution >= 4 is 23.2 Å². The van der Waals surface area contributed by atoms with E-state index in [9.17, 15) is 9.59 Å². The molecule has 0 radical (unpaired) electrons. The maximum Gasteiger partial charge on any atom is 0.261 e. The van der Waals surface area contributed by atoms with E-state index in [1.807, 2.05) is 17.0 Å². The predicted octanol–water partition coefficient (Wildman–Crippen LogP) is 2.34. The topological polar surface area (TPSA) is 58.6 Å². The Hall–Kier alpha value is -1.40. The van der Waals surface area contributed by atoms with E-state index in [0.29, 0.717) is 19.0 Å². The first-order valence-electron chi connectivity index (χ1n) is 8.49. The number of hydrogen-bond acceptors (Lipinski definition) is 4. The van der Waals surface area contributed by atoms with Gasteiger partial charge in [-0.15, -0.1) is 11.3 Å². The summed E-state index contributed by atoms with van der Waals surface area (Å²) in [5.74, 6) is 0.477. The number of nitrogens with one attached hydrogen (secondary N) is 1. The zero-order chi connectivity index (χ0) is 15.8. The van der Waals surface area contributed by atoms with Gasteiger partial charge < -0.3 is 15.0 Å². The molecule has 1 aliphatic carbocycles. The molecule has 2 aliphatic heterocycles. The number of carbonyl (C=O) groups is 2. The first-order valence-corrected chi connectivity index (χ1v) is 9.31. The summed E-state index contributed by atoms with van der Waals surface area (Å²) < 4.78 is 5.66. The minimum absolute atomic E-state index is 0.0310. The van der Waals surface area contributed by atoms with E-state index in [-0.39, 0.29) is 23.8 Å². The van der Waals surface area contributed by atoms with Gasteiger partial charge in [-0.05, 0) is 37.8 Å². The number of rotatable bonds is 5. The third kappa shape index (κ3) is 3.28. The van der Waals surface area contributed by atoms with E-state index in [0.717, 1.165) is 48.6 Å². The summed E-state index contributed by atoms with van der Waals surface area (Å²) in [6, 6.07) is 4.37. The highest BCUT2D eigenvalue weighted by molar-refractivity contribution is 7.14. The first kappa shape index (κ1) is 15.1. The minimum atomic E-state index is -0.0310. The van der Waals surface area contributed by atoms with Crippen molar-refractivity contribution in [3.05, 3.63) is 21.9 Å². The van der Waals surface area contributed by atoms with Gasteiger partial charge in [0.1, 0.15) is 0 Å². The molecule has 3 fully saturated rings. The monoisotopic (exact) mass is 334 g/mol. The summed E-state index contributed by atoms with van der Waals surface area (Å²) in [6.45, 7) is 2.20. The Balaban J connectivity index is 1.29. The number of ether oxygens (including phenoxy) is 1. The second-order valence-electron chi connectivity index (χ2n) is 6.76. The van der Waals surface area contributed by atoms with Crippen LogP contribution in [0.2, 0.25) is 0 Å². The molecule has 23 heavy (non-hydrogen) atoms. The van der Waals surface area contributed by atoms with Crippen molar-refractivity contribution in [1.29, 1.82) is 0 Å². The van der Waals surface area contributed by atoms with Crippen molar-refractivity contribution < 1.29 is 14.3 Å².